The van der Waals surface area contributed by atoms with Crippen molar-refractivity contribution in [1.82, 2.24) is 20.9 Å². The fraction of sp³-hybridized carbons (Fsp3) is 0.250. The smallest absolute Gasteiger partial charge is 0.252 e. The number of hydrogen-bond acceptors (Lipinski definition) is 8. The van der Waals surface area contributed by atoms with Crippen LogP contribution >= 0.6 is 23.1 Å². The summed E-state index contributed by atoms with van der Waals surface area (Å²) in [6, 6.07) is 7.64. The maximum atomic E-state index is 12.3. The van der Waals surface area contributed by atoms with Crippen molar-refractivity contribution in [1.29, 1.82) is 0 Å². The number of nitrogens with two attached hydrogens (primary N) is 1. The van der Waals surface area contributed by atoms with Crippen molar-refractivity contribution in [2.75, 3.05) is 11.1 Å². The summed E-state index contributed by atoms with van der Waals surface area (Å²) in [6.45, 7) is 0. The van der Waals surface area contributed by atoms with E-state index in [9.17, 15) is 14.4 Å². The zero-order valence-corrected chi connectivity index (χ0v) is 15.7. The van der Waals surface area contributed by atoms with Crippen molar-refractivity contribution >= 4 is 46.0 Å². The molecule has 1 aromatic heterocycles. The van der Waals surface area contributed by atoms with Crippen LogP contribution in [0.3, 0.4) is 0 Å². The van der Waals surface area contributed by atoms with Gasteiger partial charge in [0.05, 0.1) is 11.9 Å². The van der Waals surface area contributed by atoms with Gasteiger partial charge in [0.25, 0.3) is 5.91 Å². The Balaban J connectivity index is 1.48. The number of carbonyl (C=O) groups excluding carboxylic acids is 3. The molecule has 0 bridgehead atoms. The van der Waals surface area contributed by atoms with Crippen LogP contribution in [0.5, 0.6) is 0 Å². The number of rotatable bonds is 6. The van der Waals surface area contributed by atoms with Crippen LogP contribution in [0.15, 0.2) is 41.9 Å². The van der Waals surface area contributed by atoms with E-state index >= 15 is 0 Å². The Labute approximate surface area is 163 Å². The van der Waals surface area contributed by atoms with E-state index in [1.807, 2.05) is 0 Å². The fourth-order valence-corrected chi connectivity index (χ4v) is 3.74. The first-order valence-corrected chi connectivity index (χ1v) is 9.94. The molecule has 0 spiro atoms. The van der Waals surface area contributed by atoms with Crippen LogP contribution in [0, 0.1) is 0 Å². The van der Waals surface area contributed by atoms with Crippen LogP contribution in [0.25, 0.3) is 0 Å². The van der Waals surface area contributed by atoms with E-state index in [2.05, 4.69) is 26.3 Å². The highest BCUT2D eigenvalue weighted by atomic mass is 32.2. The maximum Gasteiger partial charge on any atom is 0.252 e. The molecular weight excluding hydrogens is 388 g/mol. The minimum atomic E-state index is -0.918. The highest BCUT2D eigenvalue weighted by Crippen LogP contribution is 2.14. The van der Waals surface area contributed by atoms with Gasteiger partial charge < -0.3 is 21.7 Å². The largest absolute Gasteiger partial charge is 0.338 e. The summed E-state index contributed by atoms with van der Waals surface area (Å²) >= 11 is 2.50. The van der Waals surface area contributed by atoms with Crippen LogP contribution < -0.4 is 27.0 Å². The third kappa shape index (κ3) is 5.26. The van der Waals surface area contributed by atoms with Gasteiger partial charge in [-0.1, -0.05) is 18.2 Å². The summed E-state index contributed by atoms with van der Waals surface area (Å²) < 4.78 is 0. The first-order valence-electron chi connectivity index (χ1n) is 8.02. The molecule has 1 aromatic carbocycles. The predicted molar refractivity (Wildman–Crippen MR) is 104 cm³/mol. The van der Waals surface area contributed by atoms with Gasteiger partial charge in [0.15, 0.2) is 5.13 Å². The third-order valence-electron chi connectivity index (χ3n) is 3.64. The molecule has 27 heavy (non-hydrogen) atoms. The van der Waals surface area contributed by atoms with Gasteiger partial charge in [0.1, 0.15) is 11.5 Å². The first kappa shape index (κ1) is 19.3. The van der Waals surface area contributed by atoms with Crippen molar-refractivity contribution in [3.8, 4) is 0 Å². The highest BCUT2D eigenvalue weighted by molar-refractivity contribution is 8.00. The van der Waals surface area contributed by atoms with Gasteiger partial charge in [-0.3, -0.25) is 19.7 Å². The SMILES string of the molecule is NC1NC(SCC(=O)Nc2nccs2)NC(=O)C1NC(=O)c1ccccc1. The molecule has 2 aromatic rings. The molecule has 3 unspecified atom stereocenters. The number of thiazole rings is 1. The zero-order chi connectivity index (χ0) is 19.2. The standard InChI is InChI=1S/C16H18N6O3S2/c17-12-11(20-13(24)9-4-2-1-3-5-9)14(25)22-16(21-12)27-8-10(23)19-15-18-6-7-26-15/h1-7,11-12,16,21H,8,17H2,(H,20,24)(H,22,25)(H,18,19,23). The molecule has 2 heterocycles. The van der Waals surface area contributed by atoms with Crippen LogP contribution in [0.1, 0.15) is 10.4 Å². The Morgan fingerprint density at radius 1 is 1.30 bits per heavy atom. The minimum absolute atomic E-state index is 0.102. The number of anilines is 1. The van der Waals surface area contributed by atoms with Gasteiger partial charge in [-0.2, -0.15) is 0 Å². The zero-order valence-electron chi connectivity index (χ0n) is 14.0. The molecule has 1 saturated heterocycles. The molecular formula is C16H18N6O3S2. The molecule has 0 aliphatic carbocycles. The molecule has 1 aliphatic rings. The Bertz CT molecular complexity index is 802. The van der Waals surface area contributed by atoms with Crippen LogP contribution in [-0.4, -0.2) is 46.2 Å². The van der Waals surface area contributed by atoms with E-state index in [1.165, 1.54) is 23.1 Å². The maximum absolute atomic E-state index is 12.3. The average molecular weight is 406 g/mol. The van der Waals surface area contributed by atoms with Crippen molar-refractivity contribution in [2.24, 2.45) is 5.73 Å². The molecule has 3 amide bonds. The van der Waals surface area contributed by atoms with E-state index in [-0.39, 0.29) is 17.6 Å². The topological polar surface area (TPSA) is 138 Å². The Morgan fingerprint density at radius 3 is 2.74 bits per heavy atom. The molecule has 1 fully saturated rings. The molecule has 0 radical (unpaired) electrons. The number of hydrogen-bond donors (Lipinski definition) is 5. The number of carbonyl (C=O) groups is 3. The number of nitrogens with one attached hydrogen (secondary N) is 4. The number of benzene rings is 1. The Morgan fingerprint density at radius 2 is 2.07 bits per heavy atom. The molecule has 6 N–H and O–H groups in total. The van der Waals surface area contributed by atoms with Gasteiger partial charge in [0, 0.05) is 17.1 Å². The summed E-state index contributed by atoms with van der Waals surface area (Å²) in [7, 11) is 0. The second kappa shape index (κ2) is 8.95. The van der Waals surface area contributed by atoms with E-state index in [1.54, 1.807) is 41.9 Å². The van der Waals surface area contributed by atoms with E-state index in [0.29, 0.717) is 10.7 Å². The van der Waals surface area contributed by atoms with Crippen molar-refractivity contribution in [3.63, 3.8) is 0 Å². The first-order chi connectivity index (χ1) is 13.0. The molecule has 11 heteroatoms. The number of aromatic nitrogens is 1. The Hall–Kier alpha value is -2.47. The number of amides is 3. The van der Waals surface area contributed by atoms with E-state index in [4.69, 9.17) is 5.73 Å². The third-order valence-corrected chi connectivity index (χ3v) is 5.35. The van der Waals surface area contributed by atoms with E-state index < -0.39 is 23.6 Å². The summed E-state index contributed by atoms with van der Waals surface area (Å²) in [5, 5.41) is 13.2. The van der Waals surface area contributed by atoms with Crippen molar-refractivity contribution in [3.05, 3.63) is 47.5 Å². The summed E-state index contributed by atoms with van der Waals surface area (Å²) in [6.07, 6.45) is 0.810. The molecule has 142 valence electrons. The second-order valence-electron chi connectivity index (χ2n) is 5.59. The number of nitrogens with zero attached hydrogens (tertiary/aromatic N) is 1. The molecule has 9 nitrogen and oxygen atoms in total. The lowest BCUT2D eigenvalue weighted by molar-refractivity contribution is -0.125. The van der Waals surface area contributed by atoms with Gasteiger partial charge in [-0.15, -0.1) is 23.1 Å². The van der Waals surface area contributed by atoms with Gasteiger partial charge in [0.2, 0.25) is 11.8 Å². The quantitative estimate of drug-likeness (QED) is 0.452. The normalized spacial score (nSPS) is 22.0. The lowest BCUT2D eigenvalue weighted by Crippen LogP contribution is -2.70. The summed E-state index contributed by atoms with van der Waals surface area (Å²) in [5.74, 6) is -0.935. The molecule has 3 atom stereocenters. The van der Waals surface area contributed by atoms with Crippen LogP contribution in [0.4, 0.5) is 5.13 Å². The lowest BCUT2D eigenvalue weighted by Gasteiger charge is -2.35. The lowest BCUT2D eigenvalue weighted by atomic mass is 10.1. The van der Waals surface area contributed by atoms with Crippen molar-refractivity contribution < 1.29 is 14.4 Å². The predicted octanol–water partition coefficient (Wildman–Crippen LogP) is -0.0988. The van der Waals surface area contributed by atoms with E-state index in [0.717, 1.165) is 0 Å². The average Bonchev–Trinajstić information content (AvgIpc) is 3.16. The number of thioether (sulfide) groups is 1. The highest BCUT2D eigenvalue weighted by Gasteiger charge is 2.35. The van der Waals surface area contributed by atoms with Gasteiger partial charge in [-0.25, -0.2) is 4.98 Å². The van der Waals surface area contributed by atoms with Crippen molar-refractivity contribution in [2.45, 2.75) is 17.7 Å². The fourth-order valence-electron chi connectivity index (χ4n) is 2.35. The molecule has 3 rings (SSSR count). The summed E-state index contributed by atoms with van der Waals surface area (Å²) in [5.41, 5.74) is 5.89. The Kier molecular flexibility index (Phi) is 6.40. The second-order valence-corrected chi connectivity index (χ2v) is 7.58. The molecule has 0 saturated carbocycles. The minimum Gasteiger partial charge on any atom is -0.338 e. The van der Waals surface area contributed by atoms with Crippen LogP contribution in [0.2, 0.25) is 0 Å². The monoisotopic (exact) mass is 406 g/mol. The van der Waals surface area contributed by atoms with Gasteiger partial charge >= 0.3 is 0 Å². The summed E-state index contributed by atoms with van der Waals surface area (Å²) in [4.78, 5) is 40.4. The molecule has 1 aliphatic heterocycles. The van der Waals surface area contributed by atoms with Crippen LogP contribution in [-0.2, 0) is 9.59 Å². The van der Waals surface area contributed by atoms with Gasteiger partial charge in [-0.05, 0) is 12.1 Å².